The average molecular weight is 408 g/mol. The predicted molar refractivity (Wildman–Crippen MR) is 101 cm³/mol. The number of hydrogen-bond acceptors (Lipinski definition) is 3. The molecule has 7 nitrogen and oxygen atoms in total. The van der Waals surface area contributed by atoms with E-state index in [1.807, 2.05) is 5.32 Å². The second-order valence-corrected chi connectivity index (χ2v) is 6.25. The SMILES string of the molecule is CC(C)NC(=O)Nc1ccccc1C(=O)NCC(=O)Nc1ccc(F)c(F)c1F. The molecule has 0 heterocycles. The summed E-state index contributed by atoms with van der Waals surface area (Å²) in [6, 6.07) is 7.02. The zero-order valence-electron chi connectivity index (χ0n) is 15.6. The van der Waals surface area contributed by atoms with Crippen molar-refractivity contribution in [1.29, 1.82) is 0 Å². The van der Waals surface area contributed by atoms with Crippen molar-refractivity contribution in [3.8, 4) is 0 Å². The highest BCUT2D eigenvalue weighted by Gasteiger charge is 2.17. The van der Waals surface area contributed by atoms with Crippen LogP contribution in [0, 0.1) is 17.5 Å². The Morgan fingerprint density at radius 2 is 1.59 bits per heavy atom. The molecule has 2 aromatic carbocycles. The van der Waals surface area contributed by atoms with Gasteiger partial charge in [0.1, 0.15) is 0 Å². The van der Waals surface area contributed by atoms with Gasteiger partial charge in [-0.2, -0.15) is 0 Å². The van der Waals surface area contributed by atoms with Crippen molar-refractivity contribution in [2.75, 3.05) is 17.2 Å². The van der Waals surface area contributed by atoms with Gasteiger partial charge in [0, 0.05) is 6.04 Å². The number of para-hydroxylation sites is 1. The van der Waals surface area contributed by atoms with E-state index >= 15 is 0 Å². The Kier molecular flexibility index (Phi) is 7.18. The maximum Gasteiger partial charge on any atom is 0.319 e. The molecule has 0 aliphatic carbocycles. The van der Waals surface area contributed by atoms with E-state index in [1.54, 1.807) is 26.0 Å². The molecule has 0 aliphatic rings. The molecular formula is C19H19F3N4O3. The Morgan fingerprint density at radius 3 is 2.28 bits per heavy atom. The molecule has 2 aromatic rings. The monoisotopic (exact) mass is 408 g/mol. The molecule has 29 heavy (non-hydrogen) atoms. The van der Waals surface area contributed by atoms with Crippen LogP contribution in [0.3, 0.4) is 0 Å². The summed E-state index contributed by atoms with van der Waals surface area (Å²) in [6.07, 6.45) is 0. The summed E-state index contributed by atoms with van der Waals surface area (Å²) < 4.78 is 39.7. The summed E-state index contributed by atoms with van der Waals surface area (Å²) >= 11 is 0. The van der Waals surface area contributed by atoms with Gasteiger partial charge in [-0.1, -0.05) is 12.1 Å². The maximum atomic E-state index is 13.6. The molecule has 10 heteroatoms. The first-order chi connectivity index (χ1) is 13.7. The molecule has 0 aromatic heterocycles. The van der Waals surface area contributed by atoms with E-state index in [4.69, 9.17) is 0 Å². The Bertz CT molecular complexity index is 935. The predicted octanol–water partition coefficient (Wildman–Crippen LogP) is 3.00. The van der Waals surface area contributed by atoms with Gasteiger partial charge in [-0.25, -0.2) is 18.0 Å². The molecule has 0 radical (unpaired) electrons. The van der Waals surface area contributed by atoms with E-state index in [0.29, 0.717) is 6.07 Å². The van der Waals surface area contributed by atoms with E-state index in [-0.39, 0.29) is 17.3 Å². The van der Waals surface area contributed by atoms with Gasteiger partial charge < -0.3 is 21.3 Å². The minimum Gasteiger partial charge on any atom is -0.343 e. The van der Waals surface area contributed by atoms with Gasteiger partial charge >= 0.3 is 6.03 Å². The van der Waals surface area contributed by atoms with Gasteiger partial charge in [-0.15, -0.1) is 0 Å². The zero-order chi connectivity index (χ0) is 21.6. The summed E-state index contributed by atoms with van der Waals surface area (Å²) in [7, 11) is 0. The summed E-state index contributed by atoms with van der Waals surface area (Å²) in [5, 5.41) is 9.49. The number of carbonyl (C=O) groups excluding carboxylic acids is 3. The normalized spacial score (nSPS) is 10.4. The van der Waals surface area contributed by atoms with Crippen LogP contribution in [-0.2, 0) is 4.79 Å². The fourth-order valence-corrected chi connectivity index (χ4v) is 2.28. The number of carbonyl (C=O) groups is 3. The lowest BCUT2D eigenvalue weighted by Gasteiger charge is -2.13. The molecule has 0 aliphatic heterocycles. The van der Waals surface area contributed by atoms with Gasteiger partial charge in [0.2, 0.25) is 5.91 Å². The van der Waals surface area contributed by atoms with Gasteiger partial charge in [-0.05, 0) is 38.1 Å². The van der Waals surface area contributed by atoms with E-state index < -0.39 is 47.5 Å². The van der Waals surface area contributed by atoms with Crippen LogP contribution >= 0.6 is 0 Å². The molecule has 0 fully saturated rings. The largest absolute Gasteiger partial charge is 0.343 e. The first kappa shape index (κ1) is 21.7. The topological polar surface area (TPSA) is 99.3 Å². The van der Waals surface area contributed by atoms with Crippen LogP contribution in [-0.4, -0.2) is 30.4 Å². The van der Waals surface area contributed by atoms with Crippen molar-refractivity contribution in [2.45, 2.75) is 19.9 Å². The second kappa shape index (κ2) is 9.58. The number of urea groups is 1. The minimum absolute atomic E-state index is 0.0956. The number of nitrogens with one attached hydrogen (secondary N) is 4. The van der Waals surface area contributed by atoms with Crippen LogP contribution in [0.1, 0.15) is 24.2 Å². The van der Waals surface area contributed by atoms with Crippen LogP contribution in [0.5, 0.6) is 0 Å². The highest BCUT2D eigenvalue weighted by molar-refractivity contribution is 6.05. The van der Waals surface area contributed by atoms with Crippen LogP contribution < -0.4 is 21.3 Å². The number of hydrogen-bond donors (Lipinski definition) is 4. The van der Waals surface area contributed by atoms with Crippen molar-refractivity contribution in [1.82, 2.24) is 10.6 Å². The standard InChI is InChI=1S/C19H19F3N4O3/c1-10(2)24-19(29)26-13-6-4-3-5-11(13)18(28)23-9-15(27)25-14-8-7-12(20)16(21)17(14)22/h3-8,10H,9H2,1-2H3,(H,23,28)(H,25,27)(H2,24,26,29). The van der Waals surface area contributed by atoms with E-state index in [0.717, 1.165) is 6.07 Å². The lowest BCUT2D eigenvalue weighted by atomic mass is 10.1. The number of rotatable bonds is 6. The molecule has 0 atom stereocenters. The van der Waals surface area contributed by atoms with Gasteiger partial charge in [-0.3, -0.25) is 9.59 Å². The maximum absolute atomic E-state index is 13.6. The smallest absolute Gasteiger partial charge is 0.319 e. The molecular weight excluding hydrogens is 389 g/mol. The molecule has 4 amide bonds. The average Bonchev–Trinajstić information content (AvgIpc) is 2.66. The number of benzene rings is 2. The number of halogens is 3. The molecule has 2 rings (SSSR count). The molecule has 0 spiro atoms. The fourth-order valence-electron chi connectivity index (χ4n) is 2.28. The third kappa shape index (κ3) is 5.96. The van der Waals surface area contributed by atoms with E-state index in [2.05, 4.69) is 16.0 Å². The lowest BCUT2D eigenvalue weighted by Crippen LogP contribution is -2.36. The summed E-state index contributed by atoms with van der Waals surface area (Å²) in [5.74, 6) is -6.18. The Morgan fingerprint density at radius 1 is 0.897 bits per heavy atom. The Labute approximate surface area is 164 Å². The van der Waals surface area contributed by atoms with Crippen LogP contribution in [0.4, 0.5) is 29.3 Å². The highest BCUT2D eigenvalue weighted by atomic mass is 19.2. The highest BCUT2D eigenvalue weighted by Crippen LogP contribution is 2.19. The van der Waals surface area contributed by atoms with Gasteiger partial charge in [0.05, 0.1) is 23.5 Å². The lowest BCUT2D eigenvalue weighted by molar-refractivity contribution is -0.115. The quantitative estimate of drug-likeness (QED) is 0.553. The molecule has 0 saturated carbocycles. The van der Waals surface area contributed by atoms with Gasteiger partial charge in [0.25, 0.3) is 5.91 Å². The third-order valence-electron chi connectivity index (χ3n) is 3.56. The number of anilines is 2. The van der Waals surface area contributed by atoms with E-state index in [1.165, 1.54) is 12.1 Å². The summed E-state index contributed by atoms with van der Waals surface area (Å²) in [5.41, 5.74) is -0.246. The van der Waals surface area contributed by atoms with Crippen LogP contribution in [0.15, 0.2) is 36.4 Å². The van der Waals surface area contributed by atoms with Crippen molar-refractivity contribution in [3.63, 3.8) is 0 Å². The first-order valence-electron chi connectivity index (χ1n) is 8.57. The molecule has 154 valence electrons. The van der Waals surface area contributed by atoms with Crippen molar-refractivity contribution in [3.05, 3.63) is 59.4 Å². The van der Waals surface area contributed by atoms with Crippen molar-refractivity contribution >= 4 is 29.2 Å². The molecule has 0 unspecified atom stereocenters. The first-order valence-corrected chi connectivity index (χ1v) is 8.57. The molecule has 0 bridgehead atoms. The molecule has 0 saturated heterocycles. The Hall–Kier alpha value is -3.56. The minimum atomic E-state index is -1.72. The van der Waals surface area contributed by atoms with Crippen molar-refractivity contribution in [2.24, 2.45) is 0 Å². The Balaban J connectivity index is 2.00. The van der Waals surface area contributed by atoms with Crippen molar-refractivity contribution < 1.29 is 27.6 Å². The summed E-state index contributed by atoms with van der Waals surface area (Å²) in [6.45, 7) is 2.98. The molecule has 4 N–H and O–H groups in total. The summed E-state index contributed by atoms with van der Waals surface area (Å²) in [4.78, 5) is 36.1. The zero-order valence-corrected chi connectivity index (χ0v) is 15.6. The fraction of sp³-hybridized carbons (Fsp3) is 0.211. The van der Waals surface area contributed by atoms with Gasteiger partial charge in [0.15, 0.2) is 17.5 Å². The van der Waals surface area contributed by atoms with E-state index in [9.17, 15) is 27.6 Å². The van der Waals surface area contributed by atoms with Crippen LogP contribution in [0.2, 0.25) is 0 Å². The number of amides is 4. The van der Waals surface area contributed by atoms with Crippen LogP contribution in [0.25, 0.3) is 0 Å². The second-order valence-electron chi connectivity index (χ2n) is 6.25. The third-order valence-corrected chi connectivity index (χ3v) is 3.56.